The molecule has 1 aromatic heterocycles. The number of carbonyl (C=O) groups is 3. The van der Waals surface area contributed by atoms with Gasteiger partial charge in [0.1, 0.15) is 5.75 Å². The number of anilines is 1. The molecule has 2 amide bonds. The average Bonchev–Trinajstić information content (AvgIpc) is 3.28. The van der Waals surface area contributed by atoms with E-state index in [0.717, 1.165) is 0 Å². The summed E-state index contributed by atoms with van der Waals surface area (Å²) < 4.78 is 10.6. The fraction of sp³-hybridized carbons (Fsp3) is 0.381. The lowest BCUT2D eigenvalue weighted by atomic mass is 9.97. The summed E-state index contributed by atoms with van der Waals surface area (Å²) in [6.07, 6.45) is 0.117. The van der Waals surface area contributed by atoms with Crippen LogP contribution in [0.5, 0.6) is 5.75 Å². The Kier molecular flexibility index (Phi) is 6.87. The van der Waals surface area contributed by atoms with Crippen LogP contribution in [-0.2, 0) is 14.3 Å². The third-order valence-electron chi connectivity index (χ3n) is 4.87. The quantitative estimate of drug-likeness (QED) is 0.731. The summed E-state index contributed by atoms with van der Waals surface area (Å²) in [6.45, 7) is 2.54. The summed E-state index contributed by atoms with van der Waals surface area (Å²) in [6, 6.07) is 10.7. The molecule has 0 radical (unpaired) electrons. The molecule has 1 fully saturated rings. The van der Waals surface area contributed by atoms with Crippen LogP contribution in [0.4, 0.5) is 5.69 Å². The summed E-state index contributed by atoms with van der Waals surface area (Å²) in [5, 5.41) is 4.58. The summed E-state index contributed by atoms with van der Waals surface area (Å²) in [4.78, 5) is 39.7. The second-order valence-electron chi connectivity index (χ2n) is 6.81. The van der Waals surface area contributed by atoms with Gasteiger partial charge < -0.3 is 19.7 Å². The highest BCUT2D eigenvalue weighted by Crippen LogP contribution is 2.24. The molecule has 29 heavy (non-hydrogen) atoms. The van der Waals surface area contributed by atoms with Gasteiger partial charge in [-0.3, -0.25) is 14.4 Å². The van der Waals surface area contributed by atoms with Crippen molar-refractivity contribution in [3.8, 4) is 5.75 Å². The van der Waals surface area contributed by atoms with Gasteiger partial charge in [-0.15, -0.1) is 11.3 Å². The van der Waals surface area contributed by atoms with Gasteiger partial charge in [-0.1, -0.05) is 18.2 Å². The molecule has 0 spiro atoms. The van der Waals surface area contributed by atoms with Gasteiger partial charge in [-0.2, -0.15) is 0 Å². The number of methoxy groups -OCH3 is 1. The van der Waals surface area contributed by atoms with Crippen molar-refractivity contribution in [1.29, 1.82) is 0 Å². The van der Waals surface area contributed by atoms with Crippen LogP contribution in [0.15, 0.2) is 41.8 Å². The van der Waals surface area contributed by atoms with Crippen molar-refractivity contribution in [1.82, 2.24) is 4.90 Å². The first-order valence-electron chi connectivity index (χ1n) is 9.46. The van der Waals surface area contributed by atoms with E-state index in [9.17, 15) is 14.4 Å². The Balaban J connectivity index is 1.49. The molecule has 1 atom stereocenters. The zero-order valence-electron chi connectivity index (χ0n) is 16.4. The first-order valence-corrected chi connectivity index (χ1v) is 10.3. The Morgan fingerprint density at radius 2 is 1.86 bits per heavy atom. The molecule has 0 saturated carbocycles. The number of esters is 1. The maximum absolute atomic E-state index is 12.5. The molecule has 1 aliphatic heterocycles. The number of hydrogen-bond donors (Lipinski definition) is 1. The SMILES string of the molecule is COc1ccccc1NC(=O)[C@H](C)OC(=O)C1CCN(C(=O)c2cccs2)CC1. The molecular formula is C21H24N2O5S. The van der Waals surface area contributed by atoms with Crippen LogP contribution in [0.25, 0.3) is 0 Å². The highest BCUT2D eigenvalue weighted by Gasteiger charge is 2.31. The fourth-order valence-electron chi connectivity index (χ4n) is 3.18. The number of likely N-dealkylation sites (tertiary alicyclic amines) is 1. The third-order valence-corrected chi connectivity index (χ3v) is 5.73. The summed E-state index contributed by atoms with van der Waals surface area (Å²) in [5.41, 5.74) is 0.517. The van der Waals surface area contributed by atoms with Gasteiger partial charge in [0, 0.05) is 13.1 Å². The minimum Gasteiger partial charge on any atom is -0.495 e. The Hall–Kier alpha value is -2.87. The Labute approximate surface area is 173 Å². The molecule has 154 valence electrons. The molecule has 1 aliphatic rings. The molecule has 3 rings (SSSR count). The van der Waals surface area contributed by atoms with E-state index < -0.39 is 18.0 Å². The molecule has 0 unspecified atom stereocenters. The van der Waals surface area contributed by atoms with E-state index in [1.807, 2.05) is 11.4 Å². The number of benzene rings is 1. The largest absolute Gasteiger partial charge is 0.495 e. The van der Waals surface area contributed by atoms with E-state index in [2.05, 4.69) is 5.32 Å². The van der Waals surface area contributed by atoms with Crippen LogP contribution < -0.4 is 10.1 Å². The predicted molar refractivity (Wildman–Crippen MR) is 110 cm³/mol. The van der Waals surface area contributed by atoms with Crippen molar-refractivity contribution in [2.45, 2.75) is 25.9 Å². The lowest BCUT2D eigenvalue weighted by Crippen LogP contribution is -2.41. The van der Waals surface area contributed by atoms with E-state index in [1.165, 1.54) is 25.4 Å². The van der Waals surface area contributed by atoms with E-state index in [0.29, 0.717) is 42.2 Å². The van der Waals surface area contributed by atoms with Gasteiger partial charge in [-0.05, 0) is 43.3 Å². The van der Waals surface area contributed by atoms with Gasteiger partial charge >= 0.3 is 5.97 Å². The number of thiophene rings is 1. The van der Waals surface area contributed by atoms with Crippen molar-refractivity contribution >= 4 is 34.8 Å². The van der Waals surface area contributed by atoms with Gasteiger partial charge in [-0.25, -0.2) is 0 Å². The number of nitrogens with one attached hydrogen (secondary N) is 1. The summed E-state index contributed by atoms with van der Waals surface area (Å²) in [7, 11) is 1.52. The smallest absolute Gasteiger partial charge is 0.309 e. The Bertz CT molecular complexity index is 860. The molecule has 7 nitrogen and oxygen atoms in total. The second-order valence-corrected chi connectivity index (χ2v) is 7.76. The van der Waals surface area contributed by atoms with Crippen LogP contribution >= 0.6 is 11.3 Å². The fourth-order valence-corrected chi connectivity index (χ4v) is 3.87. The van der Waals surface area contributed by atoms with Crippen molar-refractivity contribution < 1.29 is 23.9 Å². The number of rotatable bonds is 6. The van der Waals surface area contributed by atoms with E-state index in [1.54, 1.807) is 35.2 Å². The molecule has 1 saturated heterocycles. The van der Waals surface area contributed by atoms with Gasteiger partial charge in [0.15, 0.2) is 6.10 Å². The van der Waals surface area contributed by atoms with Crippen LogP contribution in [0.3, 0.4) is 0 Å². The highest BCUT2D eigenvalue weighted by molar-refractivity contribution is 7.12. The normalized spacial score (nSPS) is 15.4. The maximum Gasteiger partial charge on any atom is 0.309 e. The molecule has 2 aromatic rings. The number of carbonyl (C=O) groups excluding carboxylic acids is 3. The lowest BCUT2D eigenvalue weighted by Gasteiger charge is -2.31. The van der Waals surface area contributed by atoms with Crippen LogP contribution in [0.1, 0.15) is 29.4 Å². The van der Waals surface area contributed by atoms with Crippen molar-refractivity contribution in [3.05, 3.63) is 46.7 Å². The number of hydrogen-bond acceptors (Lipinski definition) is 6. The first-order chi connectivity index (χ1) is 14.0. The number of piperidine rings is 1. The predicted octanol–water partition coefficient (Wildman–Crippen LogP) is 3.18. The number of para-hydroxylation sites is 2. The maximum atomic E-state index is 12.5. The van der Waals surface area contributed by atoms with Gasteiger partial charge in [0.05, 0.1) is 23.6 Å². The topological polar surface area (TPSA) is 84.9 Å². The summed E-state index contributed by atoms with van der Waals surface area (Å²) in [5.74, 6) is -0.619. The molecule has 0 bridgehead atoms. The van der Waals surface area contributed by atoms with E-state index in [4.69, 9.17) is 9.47 Å². The minimum atomic E-state index is -0.932. The van der Waals surface area contributed by atoms with Gasteiger partial charge in [0.25, 0.3) is 11.8 Å². The zero-order chi connectivity index (χ0) is 20.8. The molecule has 2 heterocycles. The highest BCUT2D eigenvalue weighted by atomic mass is 32.1. The van der Waals surface area contributed by atoms with E-state index in [-0.39, 0.29) is 11.8 Å². The second kappa shape index (κ2) is 9.56. The lowest BCUT2D eigenvalue weighted by molar-refractivity contribution is -0.158. The van der Waals surface area contributed by atoms with Crippen LogP contribution in [-0.4, -0.2) is 49.0 Å². The number of amides is 2. The molecule has 1 N–H and O–H groups in total. The minimum absolute atomic E-state index is 0.00336. The molecule has 8 heteroatoms. The van der Waals surface area contributed by atoms with Crippen molar-refractivity contribution in [2.75, 3.05) is 25.5 Å². The third kappa shape index (κ3) is 5.14. The zero-order valence-corrected chi connectivity index (χ0v) is 17.2. The summed E-state index contributed by atoms with van der Waals surface area (Å²) >= 11 is 1.41. The number of nitrogens with zero attached hydrogens (tertiary/aromatic N) is 1. The number of ether oxygens (including phenoxy) is 2. The monoisotopic (exact) mass is 416 g/mol. The van der Waals surface area contributed by atoms with Crippen molar-refractivity contribution in [2.24, 2.45) is 5.92 Å². The molecule has 0 aliphatic carbocycles. The van der Waals surface area contributed by atoms with Crippen LogP contribution in [0, 0.1) is 5.92 Å². The molecular weight excluding hydrogens is 392 g/mol. The van der Waals surface area contributed by atoms with E-state index >= 15 is 0 Å². The average molecular weight is 416 g/mol. The van der Waals surface area contributed by atoms with Gasteiger partial charge in [0.2, 0.25) is 0 Å². The Morgan fingerprint density at radius 1 is 1.14 bits per heavy atom. The van der Waals surface area contributed by atoms with Crippen LogP contribution in [0.2, 0.25) is 0 Å². The molecule has 1 aromatic carbocycles. The first kappa shape index (κ1) is 20.9. The Morgan fingerprint density at radius 3 is 2.52 bits per heavy atom. The standard InChI is InChI=1S/C21H24N2O5S/c1-14(19(24)22-16-6-3-4-7-17(16)27-2)28-21(26)15-9-11-23(12-10-15)20(25)18-8-5-13-29-18/h3-8,13-15H,9-12H2,1-2H3,(H,22,24)/t14-/m0/s1. The van der Waals surface area contributed by atoms with Crippen molar-refractivity contribution in [3.63, 3.8) is 0 Å².